The van der Waals surface area contributed by atoms with E-state index in [0.717, 1.165) is 5.56 Å². The number of aliphatic hydroxyl groups is 1. The number of rotatable bonds is 13. The second-order valence-electron chi connectivity index (χ2n) is 9.35. The minimum atomic E-state index is -1.41. The first-order chi connectivity index (χ1) is 19.8. The Labute approximate surface area is 249 Å². The van der Waals surface area contributed by atoms with Gasteiger partial charge in [-0.1, -0.05) is 35.3 Å². The van der Waals surface area contributed by atoms with Gasteiger partial charge in [0, 0.05) is 53.2 Å². The fourth-order valence-electron chi connectivity index (χ4n) is 4.53. The minimum absolute atomic E-state index is 0.0518. The van der Waals surface area contributed by atoms with Crippen molar-refractivity contribution in [3.63, 3.8) is 0 Å². The number of hydrogen-bond acceptors (Lipinski definition) is 7. The second-order valence-corrected chi connectivity index (χ2v) is 10.2. The van der Waals surface area contributed by atoms with Crippen molar-refractivity contribution in [1.82, 2.24) is 5.32 Å². The zero-order valence-corrected chi connectivity index (χ0v) is 24.4. The third kappa shape index (κ3) is 6.96. The molecule has 4 rings (SSSR count). The van der Waals surface area contributed by atoms with E-state index in [1.807, 2.05) is 12.1 Å². The van der Waals surface area contributed by atoms with E-state index < -0.39 is 11.6 Å². The van der Waals surface area contributed by atoms with Gasteiger partial charge in [0.05, 0.1) is 20.8 Å². The fraction of sp³-hybridized carbons (Fsp3) is 0.290. The topological polar surface area (TPSA) is 98.6 Å². The molecule has 0 aromatic heterocycles. The van der Waals surface area contributed by atoms with Crippen molar-refractivity contribution in [2.24, 2.45) is 4.99 Å². The molecule has 0 unspecified atom stereocenters. The van der Waals surface area contributed by atoms with E-state index in [0.29, 0.717) is 51.4 Å². The summed E-state index contributed by atoms with van der Waals surface area (Å²) in [5.41, 5.74) is 0.599. The second kappa shape index (κ2) is 13.8. The van der Waals surface area contributed by atoms with Crippen LogP contribution in [0, 0.1) is 0 Å². The standard InChI is InChI=1S/C31H32Cl2N2O6/c1-4-12-31(30(37)34-19-20-15-24(38-2)18-25(16-20)39-3)28(26-11-8-22(32)17-27(26)33)41-29(35-31)21-6-9-23(10-7-21)40-14-5-13-36/h4,6-11,15-18,28,36H,1,5,12-14,19H2,2-3H3,(H,34,37)/t28-,31-/m1/s1. The van der Waals surface area contributed by atoms with Gasteiger partial charge < -0.3 is 29.4 Å². The third-order valence-electron chi connectivity index (χ3n) is 6.59. The van der Waals surface area contributed by atoms with E-state index >= 15 is 0 Å². The number of aliphatic imine (C=N–C) groups is 1. The van der Waals surface area contributed by atoms with Gasteiger partial charge in [-0.3, -0.25) is 4.79 Å². The molecular weight excluding hydrogens is 567 g/mol. The SMILES string of the molecule is C=CC[C@@]1(C(=O)NCc2cc(OC)cc(OC)c2)N=C(c2ccc(OCCCO)cc2)O[C@@H]1c1ccc(Cl)cc1Cl. The molecule has 0 spiro atoms. The van der Waals surface area contributed by atoms with E-state index in [9.17, 15) is 4.79 Å². The van der Waals surface area contributed by atoms with Gasteiger partial charge in [0.25, 0.3) is 5.91 Å². The summed E-state index contributed by atoms with van der Waals surface area (Å²) in [4.78, 5) is 18.9. The Morgan fingerprint density at radius 1 is 1.07 bits per heavy atom. The van der Waals surface area contributed by atoms with Crippen LogP contribution in [0.15, 0.2) is 78.3 Å². The predicted octanol–water partition coefficient (Wildman–Crippen LogP) is 5.92. The fourth-order valence-corrected chi connectivity index (χ4v) is 5.04. The minimum Gasteiger partial charge on any atom is -0.497 e. The maximum absolute atomic E-state index is 14.1. The maximum atomic E-state index is 14.1. The Morgan fingerprint density at radius 3 is 2.39 bits per heavy atom. The zero-order chi connectivity index (χ0) is 29.4. The molecular formula is C31H32Cl2N2O6. The number of ether oxygens (including phenoxy) is 4. The number of carbonyl (C=O) groups is 1. The van der Waals surface area contributed by atoms with Crippen molar-refractivity contribution in [3.05, 3.63) is 100 Å². The summed E-state index contributed by atoms with van der Waals surface area (Å²) < 4.78 is 22.8. The van der Waals surface area contributed by atoms with Gasteiger partial charge in [-0.25, -0.2) is 4.99 Å². The molecule has 0 radical (unpaired) electrons. The van der Waals surface area contributed by atoms with Crippen molar-refractivity contribution in [2.75, 3.05) is 27.4 Å². The highest BCUT2D eigenvalue weighted by Crippen LogP contribution is 2.45. The first-order valence-corrected chi connectivity index (χ1v) is 13.8. The molecule has 1 heterocycles. The van der Waals surface area contributed by atoms with Crippen LogP contribution in [0.4, 0.5) is 0 Å². The molecule has 3 aromatic carbocycles. The number of nitrogens with one attached hydrogen (secondary N) is 1. The van der Waals surface area contributed by atoms with Crippen LogP contribution in [0.2, 0.25) is 10.0 Å². The third-order valence-corrected chi connectivity index (χ3v) is 7.16. The van der Waals surface area contributed by atoms with Gasteiger partial charge in [-0.05, 0) is 54.1 Å². The number of methoxy groups -OCH3 is 2. The summed E-state index contributed by atoms with van der Waals surface area (Å²) in [7, 11) is 3.13. The molecule has 216 valence electrons. The monoisotopic (exact) mass is 598 g/mol. The summed E-state index contributed by atoms with van der Waals surface area (Å²) in [6, 6.07) is 17.6. The molecule has 0 bridgehead atoms. The number of nitrogens with zero attached hydrogens (tertiary/aromatic N) is 1. The van der Waals surface area contributed by atoms with Crippen molar-refractivity contribution in [2.45, 2.75) is 31.0 Å². The van der Waals surface area contributed by atoms with Gasteiger partial charge in [0.1, 0.15) is 17.2 Å². The molecule has 10 heteroatoms. The highest BCUT2D eigenvalue weighted by atomic mass is 35.5. The maximum Gasteiger partial charge on any atom is 0.252 e. The lowest BCUT2D eigenvalue weighted by Gasteiger charge is -2.30. The first kappa shape index (κ1) is 30.2. The molecule has 2 atom stereocenters. The van der Waals surface area contributed by atoms with Crippen LogP contribution in [0.1, 0.15) is 35.6 Å². The van der Waals surface area contributed by atoms with Crippen LogP contribution in [0.25, 0.3) is 0 Å². The zero-order valence-electron chi connectivity index (χ0n) is 22.9. The average molecular weight is 600 g/mol. The molecule has 3 aromatic rings. The van der Waals surface area contributed by atoms with Crippen molar-refractivity contribution in [3.8, 4) is 17.2 Å². The highest BCUT2D eigenvalue weighted by molar-refractivity contribution is 6.35. The summed E-state index contributed by atoms with van der Waals surface area (Å²) in [5.74, 6) is 1.76. The van der Waals surface area contributed by atoms with Crippen LogP contribution in [0.5, 0.6) is 17.2 Å². The lowest BCUT2D eigenvalue weighted by Crippen LogP contribution is -2.47. The van der Waals surface area contributed by atoms with Gasteiger partial charge in [0.2, 0.25) is 5.90 Å². The molecule has 41 heavy (non-hydrogen) atoms. The summed E-state index contributed by atoms with van der Waals surface area (Å²) >= 11 is 12.8. The predicted molar refractivity (Wildman–Crippen MR) is 159 cm³/mol. The molecule has 1 aliphatic heterocycles. The number of hydrogen-bond donors (Lipinski definition) is 2. The Hall–Kier alpha value is -3.72. The molecule has 8 nitrogen and oxygen atoms in total. The van der Waals surface area contributed by atoms with Crippen molar-refractivity contribution in [1.29, 1.82) is 0 Å². The van der Waals surface area contributed by atoms with Crippen LogP contribution in [0.3, 0.4) is 0 Å². The lowest BCUT2D eigenvalue weighted by atomic mass is 9.84. The van der Waals surface area contributed by atoms with Gasteiger partial charge in [-0.2, -0.15) is 0 Å². The Kier molecular flexibility index (Phi) is 10.2. The molecule has 0 aliphatic carbocycles. The van der Waals surface area contributed by atoms with Crippen molar-refractivity contribution < 1.29 is 28.8 Å². The van der Waals surface area contributed by atoms with E-state index in [-0.39, 0.29) is 31.4 Å². The van der Waals surface area contributed by atoms with E-state index in [1.165, 1.54) is 0 Å². The van der Waals surface area contributed by atoms with Crippen molar-refractivity contribution >= 4 is 35.0 Å². The highest BCUT2D eigenvalue weighted by Gasteiger charge is 2.53. The van der Waals surface area contributed by atoms with Crippen LogP contribution >= 0.6 is 23.2 Å². The Bertz CT molecular complexity index is 1390. The molecule has 1 amide bonds. The first-order valence-electron chi connectivity index (χ1n) is 13.0. The molecule has 0 fully saturated rings. The number of carbonyl (C=O) groups excluding carboxylic acids is 1. The van der Waals surface area contributed by atoms with E-state index in [4.69, 9.17) is 52.2 Å². The number of aliphatic hydroxyl groups excluding tert-OH is 1. The quantitative estimate of drug-likeness (QED) is 0.187. The van der Waals surface area contributed by atoms with E-state index in [2.05, 4.69) is 11.9 Å². The average Bonchev–Trinajstić information content (AvgIpc) is 3.36. The molecule has 0 saturated heterocycles. The summed E-state index contributed by atoms with van der Waals surface area (Å²) in [5, 5.41) is 12.8. The largest absolute Gasteiger partial charge is 0.497 e. The van der Waals surface area contributed by atoms with Crippen LogP contribution < -0.4 is 19.5 Å². The summed E-state index contributed by atoms with van der Waals surface area (Å²) in [6.45, 7) is 4.54. The number of halogens is 2. The normalized spacial score (nSPS) is 17.8. The van der Waals surface area contributed by atoms with E-state index in [1.54, 1.807) is 68.8 Å². The lowest BCUT2D eigenvalue weighted by molar-refractivity contribution is -0.129. The van der Waals surface area contributed by atoms with Gasteiger partial charge in [0.15, 0.2) is 11.6 Å². The van der Waals surface area contributed by atoms with Crippen LogP contribution in [-0.2, 0) is 16.1 Å². The van der Waals surface area contributed by atoms with Crippen LogP contribution in [-0.4, -0.2) is 49.9 Å². The Balaban J connectivity index is 1.69. The van der Waals surface area contributed by atoms with Gasteiger partial charge >= 0.3 is 0 Å². The smallest absolute Gasteiger partial charge is 0.252 e. The number of benzene rings is 3. The molecule has 1 aliphatic rings. The number of amides is 1. The summed E-state index contributed by atoms with van der Waals surface area (Å²) in [6.07, 6.45) is 1.48. The molecule has 0 saturated carbocycles. The molecule has 2 N–H and O–H groups in total. The Morgan fingerprint density at radius 2 is 1.78 bits per heavy atom. The van der Waals surface area contributed by atoms with Gasteiger partial charge in [-0.15, -0.1) is 6.58 Å².